The second-order valence-electron chi connectivity index (χ2n) is 23.0. The first kappa shape index (κ1) is 84.7. The summed E-state index contributed by atoms with van der Waals surface area (Å²) in [6.07, 6.45) is 5.95. The molecule has 32 heteroatoms. The van der Waals surface area contributed by atoms with Gasteiger partial charge in [-0.15, -0.1) is 33.2 Å². The lowest BCUT2D eigenvalue weighted by Gasteiger charge is -2.36. The molecular weight excluding hydrogens is 1380 g/mol. The van der Waals surface area contributed by atoms with E-state index >= 15 is 0 Å². The molecule has 2 aromatic heterocycles. The Hall–Kier alpha value is -7.00. The third kappa shape index (κ3) is 34.2. The maximum Gasteiger partial charge on any atom is 0.442 e. The predicted octanol–water partition coefficient (Wildman–Crippen LogP) is 10.1. The number of carbonyl (C=O) groups is 6. The van der Waals surface area contributed by atoms with Crippen LogP contribution in [0.2, 0.25) is 5.02 Å². The van der Waals surface area contributed by atoms with Gasteiger partial charge in [-0.2, -0.15) is 13.2 Å². The molecule has 4 heterocycles. The van der Waals surface area contributed by atoms with Gasteiger partial charge >= 0.3 is 36.0 Å². The fourth-order valence-corrected chi connectivity index (χ4v) is 11.0. The summed E-state index contributed by atoms with van der Waals surface area (Å²) in [5.41, 5.74) is 0.481. The van der Waals surface area contributed by atoms with Gasteiger partial charge in [0.15, 0.2) is 5.78 Å². The first-order valence-electron chi connectivity index (χ1n) is 34.1. The lowest BCUT2D eigenvalue weighted by molar-refractivity contribution is -0.166. The summed E-state index contributed by atoms with van der Waals surface area (Å²) in [5.74, 6) is 1.26. The van der Waals surface area contributed by atoms with Crippen molar-refractivity contribution in [2.75, 3.05) is 169 Å². The van der Waals surface area contributed by atoms with Gasteiger partial charge in [0, 0.05) is 127 Å². The van der Waals surface area contributed by atoms with Gasteiger partial charge in [-0.1, -0.05) is 67.8 Å². The van der Waals surface area contributed by atoms with Crippen molar-refractivity contribution in [1.29, 1.82) is 0 Å². The van der Waals surface area contributed by atoms with E-state index in [1.165, 1.54) is 35.6 Å². The molecule has 0 unspecified atom stereocenters. The van der Waals surface area contributed by atoms with Crippen LogP contribution >= 0.6 is 34.5 Å². The van der Waals surface area contributed by atoms with Crippen molar-refractivity contribution < 1.29 is 89.3 Å². The van der Waals surface area contributed by atoms with Crippen LogP contribution < -0.4 is 15.5 Å². The molecule has 4 aromatic rings. The van der Waals surface area contributed by atoms with E-state index in [2.05, 4.69) is 40.7 Å². The lowest BCUT2D eigenvalue weighted by Crippen LogP contribution is -2.51. The van der Waals surface area contributed by atoms with Gasteiger partial charge in [0.1, 0.15) is 38.1 Å². The summed E-state index contributed by atoms with van der Waals surface area (Å²) < 4.78 is 93.1. The molecule has 2 aliphatic rings. The zero-order valence-corrected chi connectivity index (χ0v) is 60.5. The van der Waals surface area contributed by atoms with Gasteiger partial charge < -0.3 is 67.8 Å². The third-order valence-electron chi connectivity index (χ3n) is 15.1. The van der Waals surface area contributed by atoms with Gasteiger partial charge in [-0.3, -0.25) is 24.1 Å². The van der Waals surface area contributed by atoms with Crippen molar-refractivity contribution >= 4 is 76.2 Å². The van der Waals surface area contributed by atoms with Crippen LogP contribution in [0.1, 0.15) is 114 Å². The molecule has 1 saturated heterocycles. The van der Waals surface area contributed by atoms with Crippen LogP contribution in [0.25, 0.3) is 0 Å². The molecule has 560 valence electrons. The number of hydrogen-bond donors (Lipinski definition) is 2. The molecule has 0 aliphatic carbocycles. The molecule has 3 amide bonds. The van der Waals surface area contributed by atoms with Crippen molar-refractivity contribution in [1.82, 2.24) is 35.4 Å². The Kier molecular flexibility index (Phi) is 40.9. The number of carbonyl (C=O) groups excluding carboxylic acids is 6. The Labute approximate surface area is 602 Å². The highest BCUT2D eigenvalue weighted by atomic mass is 35.5. The van der Waals surface area contributed by atoms with Crippen molar-refractivity contribution in [3.05, 3.63) is 116 Å². The van der Waals surface area contributed by atoms with Gasteiger partial charge in [0.2, 0.25) is 5.91 Å². The third-order valence-corrected chi connectivity index (χ3v) is 16.8. The number of amides is 3. The van der Waals surface area contributed by atoms with E-state index in [9.17, 15) is 41.9 Å². The van der Waals surface area contributed by atoms with Crippen molar-refractivity contribution in [3.63, 3.8) is 0 Å². The molecule has 1 fully saturated rings. The highest BCUT2D eigenvalue weighted by Gasteiger charge is 2.65. The molecule has 0 spiro atoms. The maximum absolute atomic E-state index is 13.8. The van der Waals surface area contributed by atoms with E-state index in [-0.39, 0.29) is 101 Å². The predicted molar refractivity (Wildman–Crippen MR) is 373 cm³/mol. The van der Waals surface area contributed by atoms with Crippen molar-refractivity contribution in [2.24, 2.45) is 10.2 Å². The van der Waals surface area contributed by atoms with Gasteiger partial charge in [0.25, 0.3) is 0 Å². The van der Waals surface area contributed by atoms with E-state index in [0.29, 0.717) is 139 Å². The van der Waals surface area contributed by atoms with Crippen LogP contribution in [-0.2, 0) is 86.8 Å². The molecule has 2 aromatic carbocycles. The van der Waals surface area contributed by atoms with E-state index in [0.717, 1.165) is 72.2 Å². The number of alkyl halides is 4. The highest BCUT2D eigenvalue weighted by molar-refractivity contribution is 7.13. The second-order valence-corrected chi connectivity index (χ2v) is 24.9. The van der Waals surface area contributed by atoms with Crippen LogP contribution in [0, 0.1) is 13.8 Å². The summed E-state index contributed by atoms with van der Waals surface area (Å²) in [7, 11) is 0. The molecule has 0 atom stereocenters. The SMILES string of the molecule is CCCC(=O)OC/C=C/COC(=O)NCCOCCOCCOC(=O)CCCOCCOCCCCCCCl.CCOCCOCCOC(=O)NCCN(Cc1ccc(C2(C(F)(F)F)N=N2)cc1)C(=O)CN1CCN(c2cc(Cc3ncc(C(=O)Cc4c(C)cccc4Cl)s3)nc(C)n2)CC1. The number of nitrogens with one attached hydrogen (secondary N) is 2. The topological polar surface area (TPSA) is 292 Å². The Morgan fingerprint density at radius 1 is 0.683 bits per heavy atom. The van der Waals surface area contributed by atoms with E-state index in [1.54, 1.807) is 29.3 Å². The summed E-state index contributed by atoms with van der Waals surface area (Å²) in [4.78, 5) is 93.8. The standard InChI is InChI=1S/C42H49ClF3N9O6S.C27H48ClNO10/c1-4-59-18-19-60-20-21-61-40(58)47-12-13-55(26-30-8-10-31(11-9-30)41(51-52-41)42(44,45)46)39(57)27-53-14-16-54(17-15-53)37-22-32(49-29(3)50-37)23-38-48-25-36(62-38)35(56)24-33-28(2)6-5-7-34(33)43;1-2-10-25(30)37-16-7-8-17-39-27(32)29-13-18-35-21-22-36-23-24-38-26(31)11-9-15-34-20-19-33-14-6-4-3-5-12-28/h5-11,22,25H,4,12-21,23-24,26-27H2,1-3H3,(H,47,58);7-8H,2-6,9-24H2,1H3,(H,29,32)/b;8-7+. The number of alkyl carbamates (subject to hydrolysis) is 2. The number of unbranched alkanes of at least 4 members (excludes halogenated alkanes) is 3. The minimum atomic E-state index is -4.65. The normalized spacial score (nSPS) is 13.3. The molecule has 2 aliphatic heterocycles. The van der Waals surface area contributed by atoms with Crippen LogP contribution in [0.4, 0.5) is 28.6 Å². The van der Waals surface area contributed by atoms with Crippen LogP contribution in [0.5, 0.6) is 0 Å². The summed E-state index contributed by atoms with van der Waals surface area (Å²) in [6.45, 7) is 16.1. The fourth-order valence-electron chi connectivity index (χ4n) is 9.66. The quantitative estimate of drug-likeness (QED) is 0.0104. The number of aromatic nitrogens is 3. The number of anilines is 1. The number of ether oxygens (including phenoxy) is 10. The number of esters is 2. The summed E-state index contributed by atoms with van der Waals surface area (Å²) >= 11 is 13.3. The number of hydrogen-bond acceptors (Lipinski definition) is 24. The number of piperazine rings is 1. The zero-order chi connectivity index (χ0) is 72.9. The van der Waals surface area contributed by atoms with E-state index in [4.69, 9.17) is 70.6 Å². The van der Waals surface area contributed by atoms with E-state index < -0.39 is 24.0 Å². The smallest absolute Gasteiger partial charge is 0.442 e. The molecule has 6 rings (SSSR count). The second kappa shape index (κ2) is 48.8. The minimum Gasteiger partial charge on any atom is -0.463 e. The number of halogens is 5. The zero-order valence-electron chi connectivity index (χ0n) is 58.2. The van der Waals surface area contributed by atoms with Crippen LogP contribution in [-0.4, -0.2) is 231 Å². The first-order valence-corrected chi connectivity index (χ1v) is 35.8. The Morgan fingerprint density at radius 3 is 1.96 bits per heavy atom. The van der Waals surface area contributed by atoms with Crippen LogP contribution in [0.15, 0.2) is 77.1 Å². The average molecular weight is 1480 g/mol. The first-order chi connectivity index (χ1) is 48.8. The molecule has 101 heavy (non-hydrogen) atoms. The molecule has 26 nitrogen and oxygen atoms in total. The number of aryl methyl sites for hydroxylation is 2. The van der Waals surface area contributed by atoms with Crippen molar-refractivity contribution in [3.8, 4) is 0 Å². The lowest BCUT2D eigenvalue weighted by atomic mass is 10.0. The molecule has 2 N–H and O–H groups in total. The Balaban J connectivity index is 0.000000408. The number of benzene rings is 2. The average Bonchev–Trinajstić information content (AvgIpc) is 1.58. The van der Waals surface area contributed by atoms with Crippen molar-refractivity contribution in [2.45, 2.75) is 110 Å². The summed E-state index contributed by atoms with van der Waals surface area (Å²) in [5, 5.41) is 13.1. The number of thiazole rings is 1. The largest absolute Gasteiger partial charge is 0.463 e. The monoisotopic (exact) mass is 1480 g/mol. The maximum atomic E-state index is 13.8. The molecule has 0 saturated carbocycles. The molecular formula is C69H97Cl2F3N10O16S. The molecule has 0 radical (unpaired) electrons. The molecule has 0 bridgehead atoms. The van der Waals surface area contributed by atoms with E-state index in [1.807, 2.05) is 50.8 Å². The van der Waals surface area contributed by atoms with Gasteiger partial charge in [0.05, 0.1) is 81.6 Å². The Bertz CT molecular complexity index is 3140. The number of Topliss-reactive ketones (excluding diaryl/α,β-unsaturated/α-hetero) is 1. The highest BCUT2D eigenvalue weighted by Crippen LogP contribution is 2.52. The summed E-state index contributed by atoms with van der Waals surface area (Å²) in [6, 6.07) is 13.2. The fraction of sp³-hybridized carbons (Fsp3) is 0.609. The van der Waals surface area contributed by atoms with Gasteiger partial charge in [-0.25, -0.2) is 24.5 Å². The number of ketones is 1. The van der Waals surface area contributed by atoms with Gasteiger partial charge in [-0.05, 0) is 81.4 Å². The number of nitrogens with zero attached hydrogens (tertiary/aromatic N) is 8. The number of rotatable bonds is 49. The van der Waals surface area contributed by atoms with Crippen LogP contribution in [0.3, 0.4) is 0 Å². The Morgan fingerprint density at radius 2 is 1.30 bits per heavy atom. The minimum absolute atomic E-state index is 0.0351.